The van der Waals surface area contributed by atoms with E-state index < -0.39 is 35.6 Å². The van der Waals surface area contributed by atoms with Crippen LogP contribution in [0.1, 0.15) is 32.4 Å². The second-order valence-electron chi connectivity index (χ2n) is 5.41. The summed E-state index contributed by atoms with van der Waals surface area (Å²) in [5, 5.41) is 42.0. The summed E-state index contributed by atoms with van der Waals surface area (Å²) < 4.78 is 0. The van der Waals surface area contributed by atoms with E-state index in [1.807, 2.05) is 0 Å². The number of aliphatic hydroxyl groups excluding tert-OH is 2. The van der Waals surface area contributed by atoms with E-state index in [0.717, 1.165) is 0 Å². The molecule has 9 heteroatoms. The Morgan fingerprint density at radius 1 is 1.08 bits per heavy atom. The van der Waals surface area contributed by atoms with Gasteiger partial charge in [0.1, 0.15) is 6.10 Å². The van der Waals surface area contributed by atoms with E-state index >= 15 is 0 Å². The summed E-state index contributed by atoms with van der Waals surface area (Å²) in [6.45, 7) is -0.626. The van der Waals surface area contributed by atoms with E-state index in [-0.39, 0.29) is 22.4 Å². The van der Waals surface area contributed by atoms with Gasteiger partial charge in [-0.05, 0) is 29.8 Å². The van der Waals surface area contributed by atoms with Gasteiger partial charge in [0.15, 0.2) is 0 Å². The maximum absolute atomic E-state index is 12.3. The molecule has 2 aromatic rings. The Balaban J connectivity index is 2.19. The number of benzene rings is 2. The molecule has 1 amide bonds. The lowest BCUT2D eigenvalue weighted by Gasteiger charge is -2.23. The number of nitro benzene ring substituents is 1. The Kier molecular flexibility index (Phi) is 5.99. The van der Waals surface area contributed by atoms with Crippen LogP contribution >= 0.6 is 0 Å². The number of nitrogens with zero attached hydrogens (tertiary/aromatic N) is 1. The van der Waals surface area contributed by atoms with Gasteiger partial charge >= 0.3 is 5.97 Å². The second kappa shape index (κ2) is 8.19. The van der Waals surface area contributed by atoms with E-state index in [1.165, 1.54) is 48.5 Å². The number of aromatic carboxylic acids is 1. The lowest BCUT2D eigenvalue weighted by Crippen LogP contribution is -2.42. The number of nitro groups is 1. The van der Waals surface area contributed by atoms with Gasteiger partial charge in [-0.2, -0.15) is 0 Å². The summed E-state index contributed by atoms with van der Waals surface area (Å²) in [7, 11) is 0. The van der Waals surface area contributed by atoms with Gasteiger partial charge in [-0.3, -0.25) is 14.9 Å². The minimum Gasteiger partial charge on any atom is -0.478 e. The van der Waals surface area contributed by atoms with Gasteiger partial charge in [0.2, 0.25) is 0 Å². The zero-order valence-electron chi connectivity index (χ0n) is 13.4. The fraction of sp³-hybridized carbons (Fsp3) is 0.176. The summed E-state index contributed by atoms with van der Waals surface area (Å²) in [5.74, 6) is -2.06. The number of amides is 1. The number of nitrogens with one attached hydrogen (secondary N) is 1. The number of aliphatic hydroxyl groups is 2. The Hall–Kier alpha value is -3.30. The lowest BCUT2D eigenvalue weighted by atomic mass is 10.0. The average molecular weight is 360 g/mol. The molecule has 2 aromatic carbocycles. The molecule has 0 aliphatic heterocycles. The predicted octanol–water partition coefficient (Wildman–Crippen LogP) is 1.12. The first kappa shape index (κ1) is 19.0. The SMILES string of the molecule is O=C(O)c1ccccc1C(=O)NC(CO)C(O)c1ccc([N+](=O)[O-])cc1. The molecule has 0 fully saturated rings. The van der Waals surface area contributed by atoms with E-state index in [9.17, 15) is 29.9 Å². The van der Waals surface area contributed by atoms with Crippen molar-refractivity contribution >= 4 is 17.6 Å². The normalized spacial score (nSPS) is 12.8. The van der Waals surface area contributed by atoms with Gasteiger partial charge in [0.25, 0.3) is 11.6 Å². The van der Waals surface area contributed by atoms with Crippen LogP contribution in [0.5, 0.6) is 0 Å². The lowest BCUT2D eigenvalue weighted by molar-refractivity contribution is -0.384. The molecule has 136 valence electrons. The summed E-state index contributed by atoms with van der Waals surface area (Å²) in [6.07, 6.45) is -1.35. The molecule has 0 radical (unpaired) electrons. The molecule has 2 unspecified atom stereocenters. The third kappa shape index (κ3) is 4.21. The highest BCUT2D eigenvalue weighted by Gasteiger charge is 2.25. The van der Waals surface area contributed by atoms with Gasteiger partial charge in [-0.25, -0.2) is 4.79 Å². The maximum atomic E-state index is 12.3. The average Bonchev–Trinajstić information content (AvgIpc) is 2.65. The zero-order chi connectivity index (χ0) is 19.3. The summed E-state index contributed by atoms with van der Waals surface area (Å²) in [4.78, 5) is 33.6. The standard InChI is InChI=1S/C17H16N2O7/c20-9-14(15(21)10-5-7-11(8-6-10)19(25)26)18-16(22)12-3-1-2-4-13(12)17(23)24/h1-8,14-15,20-21H,9H2,(H,18,22)(H,23,24). The highest BCUT2D eigenvalue weighted by Crippen LogP contribution is 2.21. The van der Waals surface area contributed by atoms with Crippen molar-refractivity contribution in [2.45, 2.75) is 12.1 Å². The number of hydrogen-bond acceptors (Lipinski definition) is 6. The maximum Gasteiger partial charge on any atom is 0.336 e. The molecule has 0 heterocycles. The van der Waals surface area contributed by atoms with Crippen molar-refractivity contribution < 1.29 is 29.8 Å². The summed E-state index contributed by atoms with van der Waals surface area (Å²) in [5.41, 5.74) is -0.247. The van der Waals surface area contributed by atoms with Gasteiger partial charge in [0, 0.05) is 12.1 Å². The van der Waals surface area contributed by atoms with E-state index in [4.69, 9.17) is 5.11 Å². The van der Waals surface area contributed by atoms with Gasteiger partial charge in [0.05, 0.1) is 28.7 Å². The molecule has 0 saturated carbocycles. The molecule has 0 spiro atoms. The fourth-order valence-corrected chi connectivity index (χ4v) is 2.36. The number of carbonyl (C=O) groups is 2. The molecule has 4 N–H and O–H groups in total. The third-order valence-corrected chi connectivity index (χ3v) is 3.74. The molecule has 9 nitrogen and oxygen atoms in total. The number of carbonyl (C=O) groups excluding carboxylic acids is 1. The fourth-order valence-electron chi connectivity index (χ4n) is 2.36. The molecule has 0 saturated heterocycles. The van der Waals surface area contributed by atoms with Crippen LogP contribution in [-0.2, 0) is 0 Å². The zero-order valence-corrected chi connectivity index (χ0v) is 13.4. The van der Waals surface area contributed by atoms with Crippen molar-refractivity contribution in [1.82, 2.24) is 5.32 Å². The Labute approximate surface area is 147 Å². The molecule has 2 rings (SSSR count). The monoisotopic (exact) mass is 360 g/mol. The minimum absolute atomic E-state index is 0.116. The van der Waals surface area contributed by atoms with Crippen LogP contribution in [0.2, 0.25) is 0 Å². The Bertz CT molecular complexity index is 820. The number of rotatable bonds is 7. The molecule has 0 aromatic heterocycles. The molecular formula is C17H16N2O7. The molecular weight excluding hydrogens is 344 g/mol. The molecule has 2 atom stereocenters. The van der Waals surface area contributed by atoms with Crippen molar-refractivity contribution in [3.05, 3.63) is 75.3 Å². The van der Waals surface area contributed by atoms with Crippen molar-refractivity contribution in [3.8, 4) is 0 Å². The third-order valence-electron chi connectivity index (χ3n) is 3.74. The second-order valence-corrected chi connectivity index (χ2v) is 5.41. The topological polar surface area (TPSA) is 150 Å². The van der Waals surface area contributed by atoms with E-state index in [1.54, 1.807) is 0 Å². The molecule has 26 heavy (non-hydrogen) atoms. The highest BCUT2D eigenvalue weighted by molar-refractivity contribution is 6.04. The van der Waals surface area contributed by atoms with Gasteiger partial charge < -0.3 is 20.6 Å². The molecule has 0 bridgehead atoms. The largest absolute Gasteiger partial charge is 0.478 e. The van der Waals surface area contributed by atoms with Crippen LogP contribution < -0.4 is 5.32 Å². The molecule has 0 aliphatic carbocycles. The van der Waals surface area contributed by atoms with Gasteiger partial charge in [-0.15, -0.1) is 0 Å². The van der Waals surface area contributed by atoms with Crippen LogP contribution in [0.15, 0.2) is 48.5 Å². The van der Waals surface area contributed by atoms with E-state index in [0.29, 0.717) is 0 Å². The van der Waals surface area contributed by atoms with Crippen LogP contribution in [0, 0.1) is 10.1 Å². The molecule has 0 aliphatic rings. The number of non-ortho nitro benzene ring substituents is 1. The predicted molar refractivity (Wildman–Crippen MR) is 89.8 cm³/mol. The highest BCUT2D eigenvalue weighted by atomic mass is 16.6. The first-order chi connectivity index (χ1) is 12.3. The summed E-state index contributed by atoms with van der Waals surface area (Å²) >= 11 is 0. The van der Waals surface area contributed by atoms with Crippen LogP contribution in [-0.4, -0.2) is 44.8 Å². The Morgan fingerprint density at radius 2 is 1.65 bits per heavy atom. The van der Waals surface area contributed by atoms with Crippen molar-refractivity contribution in [1.29, 1.82) is 0 Å². The van der Waals surface area contributed by atoms with Crippen LogP contribution in [0.4, 0.5) is 5.69 Å². The first-order valence-electron chi connectivity index (χ1n) is 7.51. The van der Waals surface area contributed by atoms with Crippen LogP contribution in [0.3, 0.4) is 0 Å². The van der Waals surface area contributed by atoms with Crippen molar-refractivity contribution in [3.63, 3.8) is 0 Å². The number of carboxylic acid groups (broad SMARTS) is 1. The van der Waals surface area contributed by atoms with Crippen LogP contribution in [0.25, 0.3) is 0 Å². The quantitative estimate of drug-likeness (QED) is 0.427. The van der Waals surface area contributed by atoms with E-state index in [2.05, 4.69) is 5.32 Å². The first-order valence-corrected chi connectivity index (χ1v) is 7.51. The van der Waals surface area contributed by atoms with Gasteiger partial charge in [-0.1, -0.05) is 12.1 Å². The van der Waals surface area contributed by atoms with Crippen molar-refractivity contribution in [2.75, 3.05) is 6.61 Å². The number of hydrogen-bond donors (Lipinski definition) is 4. The Morgan fingerprint density at radius 3 is 2.15 bits per heavy atom. The minimum atomic E-state index is -1.35. The van der Waals surface area contributed by atoms with Crippen molar-refractivity contribution in [2.24, 2.45) is 0 Å². The number of carboxylic acids is 1. The smallest absolute Gasteiger partial charge is 0.336 e. The summed E-state index contributed by atoms with van der Waals surface area (Å²) in [6, 6.07) is 9.39.